The van der Waals surface area contributed by atoms with Crippen LogP contribution < -0.4 is 0 Å². The smallest absolute Gasteiger partial charge is 0.169 e. The summed E-state index contributed by atoms with van der Waals surface area (Å²) in [6, 6.07) is 13.9. The summed E-state index contributed by atoms with van der Waals surface area (Å²) >= 11 is 5.98. The van der Waals surface area contributed by atoms with Crippen LogP contribution in [0.15, 0.2) is 48.2 Å². The van der Waals surface area contributed by atoms with Gasteiger partial charge >= 0.3 is 0 Å². The average molecular weight is 353 g/mol. The van der Waals surface area contributed by atoms with Crippen LogP contribution in [0.2, 0.25) is 5.02 Å². The van der Waals surface area contributed by atoms with E-state index < -0.39 is 0 Å². The quantitative estimate of drug-likeness (QED) is 0.753. The van der Waals surface area contributed by atoms with E-state index in [4.69, 9.17) is 11.6 Å². The highest BCUT2D eigenvalue weighted by Gasteiger charge is 2.41. The lowest BCUT2D eigenvalue weighted by atomic mass is 9.81. The first-order valence-electron chi connectivity index (χ1n) is 8.95. The van der Waals surface area contributed by atoms with Crippen molar-refractivity contribution in [3.8, 4) is 11.1 Å². The van der Waals surface area contributed by atoms with Crippen LogP contribution in [0.25, 0.3) is 16.7 Å². The minimum atomic E-state index is 0.0940. The van der Waals surface area contributed by atoms with E-state index in [1.807, 2.05) is 36.4 Å². The maximum atomic E-state index is 12.8. The molecule has 0 aliphatic heterocycles. The first-order chi connectivity index (χ1) is 12.1. The maximum absolute atomic E-state index is 12.8. The Morgan fingerprint density at radius 2 is 1.72 bits per heavy atom. The number of fused-ring (bicyclic) bond motifs is 2. The Hall–Kier alpha value is -2.06. The van der Waals surface area contributed by atoms with E-state index >= 15 is 0 Å². The fourth-order valence-electron chi connectivity index (χ4n) is 4.23. The summed E-state index contributed by atoms with van der Waals surface area (Å²) in [6.07, 6.45) is 3.46. The molecule has 2 nitrogen and oxygen atoms in total. The lowest BCUT2D eigenvalue weighted by Gasteiger charge is -2.23. The number of aliphatic hydroxyl groups is 1. The number of aryl methyl sites for hydroxylation is 1. The highest BCUT2D eigenvalue weighted by Crippen LogP contribution is 2.46. The number of Topliss-reactive ketones (excluding diaryl/α,β-unsaturated/α-hetero) is 1. The molecule has 3 heteroatoms. The monoisotopic (exact) mass is 352 g/mol. The minimum absolute atomic E-state index is 0.0940. The Morgan fingerprint density at radius 1 is 1.04 bits per heavy atom. The molecule has 1 saturated carbocycles. The third kappa shape index (κ3) is 2.79. The second-order valence-electron chi connectivity index (χ2n) is 7.06. The van der Waals surface area contributed by atoms with Crippen molar-refractivity contribution in [1.29, 1.82) is 0 Å². The van der Waals surface area contributed by atoms with Crippen LogP contribution in [0.5, 0.6) is 0 Å². The van der Waals surface area contributed by atoms with Gasteiger partial charge in [-0.2, -0.15) is 0 Å². The molecule has 0 radical (unpaired) electrons. The summed E-state index contributed by atoms with van der Waals surface area (Å²) in [4.78, 5) is 12.8. The number of hydrogen-bond acceptors (Lipinski definition) is 2. The largest absolute Gasteiger partial charge is 0.511 e. The fraction of sp³-hybridized carbons (Fsp3) is 0.318. The van der Waals surface area contributed by atoms with Gasteiger partial charge in [-0.15, -0.1) is 0 Å². The second kappa shape index (κ2) is 6.34. The first kappa shape index (κ1) is 16.4. The first-order valence-corrected chi connectivity index (χ1v) is 9.33. The third-order valence-electron chi connectivity index (χ3n) is 5.63. The zero-order valence-corrected chi connectivity index (χ0v) is 15.0. The molecular formula is C22H21ClO2. The molecule has 1 N–H and O–H groups in total. The van der Waals surface area contributed by atoms with Gasteiger partial charge in [0.05, 0.1) is 5.57 Å². The highest BCUT2D eigenvalue weighted by molar-refractivity contribution is 6.30. The molecule has 1 fully saturated rings. The van der Waals surface area contributed by atoms with Crippen molar-refractivity contribution in [3.63, 3.8) is 0 Å². The summed E-state index contributed by atoms with van der Waals surface area (Å²) in [5, 5.41) is 11.4. The summed E-state index contributed by atoms with van der Waals surface area (Å²) in [5.74, 6) is 0.697. The van der Waals surface area contributed by atoms with Crippen molar-refractivity contribution in [1.82, 2.24) is 0 Å². The van der Waals surface area contributed by atoms with Gasteiger partial charge in [-0.1, -0.05) is 48.9 Å². The summed E-state index contributed by atoms with van der Waals surface area (Å²) in [6.45, 7) is 2.09. The van der Waals surface area contributed by atoms with E-state index in [-0.39, 0.29) is 17.6 Å². The molecule has 0 heterocycles. The number of carbonyl (C=O) groups is 1. The summed E-state index contributed by atoms with van der Waals surface area (Å²) in [5.41, 5.74) is 4.77. The van der Waals surface area contributed by atoms with Crippen molar-refractivity contribution >= 4 is 23.0 Å². The summed E-state index contributed by atoms with van der Waals surface area (Å²) < 4.78 is 0. The van der Waals surface area contributed by atoms with Crippen molar-refractivity contribution < 1.29 is 9.90 Å². The number of ketones is 1. The van der Waals surface area contributed by atoms with Crippen LogP contribution >= 0.6 is 11.6 Å². The minimum Gasteiger partial charge on any atom is -0.511 e. The van der Waals surface area contributed by atoms with Crippen molar-refractivity contribution in [2.75, 3.05) is 0 Å². The zero-order valence-electron chi connectivity index (χ0n) is 14.3. The number of allylic oxidation sites excluding steroid dienone is 2. The van der Waals surface area contributed by atoms with Crippen LogP contribution in [0.3, 0.4) is 0 Å². The molecule has 2 atom stereocenters. The lowest BCUT2D eigenvalue weighted by molar-refractivity contribution is -0.117. The van der Waals surface area contributed by atoms with Gasteiger partial charge in [0.25, 0.3) is 0 Å². The molecule has 0 unspecified atom stereocenters. The topological polar surface area (TPSA) is 37.3 Å². The van der Waals surface area contributed by atoms with Crippen LogP contribution in [-0.2, 0) is 11.2 Å². The molecule has 0 amide bonds. The van der Waals surface area contributed by atoms with Crippen molar-refractivity contribution in [2.45, 2.75) is 32.6 Å². The molecule has 2 aliphatic rings. The molecule has 128 valence electrons. The molecule has 0 saturated heterocycles. The Kier molecular flexibility index (Phi) is 4.16. The number of halogens is 1. The van der Waals surface area contributed by atoms with Gasteiger partial charge in [0.2, 0.25) is 0 Å². The Bertz CT molecular complexity index is 864. The van der Waals surface area contributed by atoms with E-state index in [0.717, 1.165) is 53.0 Å². The van der Waals surface area contributed by atoms with Gasteiger partial charge in [-0.25, -0.2) is 0 Å². The SMILES string of the molecule is CCc1cc(-c2ccc(Cl)cc2)ccc1C1=C(O)[C@@H]2CC[C@@H](C2)C1=O. The number of benzene rings is 2. The Balaban J connectivity index is 1.80. The molecule has 2 aliphatic carbocycles. The normalized spacial score (nSPS) is 22.6. The summed E-state index contributed by atoms with van der Waals surface area (Å²) in [7, 11) is 0. The van der Waals surface area contributed by atoms with E-state index in [2.05, 4.69) is 13.0 Å². The van der Waals surface area contributed by atoms with Crippen LogP contribution in [0.4, 0.5) is 0 Å². The fourth-order valence-corrected chi connectivity index (χ4v) is 4.35. The molecule has 2 bridgehead atoms. The second-order valence-corrected chi connectivity index (χ2v) is 7.50. The van der Waals surface area contributed by atoms with Crippen molar-refractivity contribution in [3.05, 3.63) is 64.4 Å². The molecule has 4 rings (SSSR count). The van der Waals surface area contributed by atoms with Gasteiger partial charge < -0.3 is 5.11 Å². The van der Waals surface area contributed by atoms with Crippen LogP contribution in [0.1, 0.15) is 37.3 Å². The Labute approximate surface area is 153 Å². The highest BCUT2D eigenvalue weighted by atomic mass is 35.5. The van der Waals surface area contributed by atoms with E-state index in [1.54, 1.807) is 0 Å². The lowest BCUT2D eigenvalue weighted by Crippen LogP contribution is -2.21. The predicted molar refractivity (Wildman–Crippen MR) is 102 cm³/mol. The van der Waals surface area contributed by atoms with Gasteiger partial charge in [0.15, 0.2) is 5.78 Å². The average Bonchev–Trinajstić information content (AvgIpc) is 3.08. The molecule has 25 heavy (non-hydrogen) atoms. The van der Waals surface area contributed by atoms with Gasteiger partial charge in [-0.3, -0.25) is 4.79 Å². The van der Waals surface area contributed by atoms with Gasteiger partial charge in [-0.05, 0) is 60.1 Å². The maximum Gasteiger partial charge on any atom is 0.169 e. The molecule has 0 aromatic heterocycles. The van der Waals surface area contributed by atoms with E-state index in [0.29, 0.717) is 11.3 Å². The van der Waals surface area contributed by atoms with E-state index in [9.17, 15) is 9.90 Å². The molecule has 2 aromatic carbocycles. The van der Waals surface area contributed by atoms with Crippen LogP contribution in [-0.4, -0.2) is 10.9 Å². The number of hydrogen-bond donors (Lipinski definition) is 1. The standard InChI is InChI=1S/C22H21ClO2/c1-2-13-11-15(14-5-8-18(23)9-6-14)7-10-19(13)20-21(24)16-3-4-17(12-16)22(20)25/h5-11,16-17,24H,2-4,12H2,1H3/t16-,17+/m1/s1. The predicted octanol–water partition coefficient (Wildman–Crippen LogP) is 5.84. The molecule has 2 aromatic rings. The zero-order chi connectivity index (χ0) is 17.6. The van der Waals surface area contributed by atoms with Crippen LogP contribution in [0, 0.1) is 11.8 Å². The number of carbonyl (C=O) groups excluding carboxylic acids is 1. The number of rotatable bonds is 3. The van der Waals surface area contributed by atoms with E-state index in [1.165, 1.54) is 0 Å². The van der Waals surface area contributed by atoms with Gasteiger partial charge in [0.1, 0.15) is 5.76 Å². The van der Waals surface area contributed by atoms with Crippen molar-refractivity contribution in [2.24, 2.45) is 11.8 Å². The third-order valence-corrected chi connectivity index (χ3v) is 5.88. The molecule has 0 spiro atoms. The molecular weight excluding hydrogens is 332 g/mol. The van der Waals surface area contributed by atoms with Gasteiger partial charge in [0, 0.05) is 16.9 Å². The Morgan fingerprint density at radius 3 is 2.44 bits per heavy atom. The number of aliphatic hydroxyl groups excluding tert-OH is 1.